The second-order valence-corrected chi connectivity index (χ2v) is 5.53. The number of carbonyl (C=O) groups is 1. The molecule has 2 fully saturated rings. The van der Waals surface area contributed by atoms with Crippen molar-refractivity contribution in [2.75, 3.05) is 19.6 Å². The van der Waals surface area contributed by atoms with Crippen molar-refractivity contribution in [3.63, 3.8) is 0 Å². The molecule has 2 saturated heterocycles. The predicted octanol–water partition coefficient (Wildman–Crippen LogP) is 1.63. The molecule has 16 heavy (non-hydrogen) atoms. The number of carbonyl (C=O) groups excluding carboxylic acids is 1. The molecule has 1 N–H and O–H groups in total. The second-order valence-electron chi connectivity index (χ2n) is 5.53. The van der Waals surface area contributed by atoms with Gasteiger partial charge in [-0.1, -0.05) is 20.3 Å². The molecule has 0 aromatic rings. The Morgan fingerprint density at radius 3 is 2.62 bits per heavy atom. The Morgan fingerprint density at radius 1 is 1.19 bits per heavy atom. The molecule has 3 heteroatoms. The number of hydrogen-bond acceptors (Lipinski definition) is 2. The average molecular weight is 224 g/mol. The van der Waals surface area contributed by atoms with Crippen LogP contribution in [0, 0.1) is 11.8 Å². The lowest BCUT2D eigenvalue weighted by molar-refractivity contribution is -0.136. The van der Waals surface area contributed by atoms with Crippen LogP contribution in [0.15, 0.2) is 0 Å². The standard InChI is InChI=1S/C13H24N2O/c1-10-6-8-15(9-11(10)2)13(16)12-5-3-4-7-14-12/h10-12,14H,3-9H2,1-2H3. The van der Waals surface area contributed by atoms with Crippen LogP contribution in [-0.2, 0) is 4.79 Å². The van der Waals surface area contributed by atoms with Crippen LogP contribution >= 0.6 is 0 Å². The zero-order chi connectivity index (χ0) is 11.5. The summed E-state index contributed by atoms with van der Waals surface area (Å²) in [5.74, 6) is 1.77. The Kier molecular flexibility index (Phi) is 3.85. The van der Waals surface area contributed by atoms with Crippen molar-refractivity contribution in [2.24, 2.45) is 11.8 Å². The molecule has 0 aromatic carbocycles. The Labute approximate surface area is 98.6 Å². The first kappa shape index (κ1) is 11.9. The van der Waals surface area contributed by atoms with Gasteiger partial charge in [-0.05, 0) is 37.6 Å². The third-order valence-electron chi connectivity index (χ3n) is 4.25. The van der Waals surface area contributed by atoms with Gasteiger partial charge in [0.1, 0.15) is 0 Å². The molecule has 3 nitrogen and oxygen atoms in total. The summed E-state index contributed by atoms with van der Waals surface area (Å²) in [7, 11) is 0. The summed E-state index contributed by atoms with van der Waals surface area (Å²) in [5.41, 5.74) is 0. The van der Waals surface area contributed by atoms with Gasteiger partial charge in [-0.3, -0.25) is 4.79 Å². The molecule has 1 amide bonds. The van der Waals surface area contributed by atoms with E-state index >= 15 is 0 Å². The minimum Gasteiger partial charge on any atom is -0.341 e. The number of hydrogen-bond donors (Lipinski definition) is 1. The fourth-order valence-electron chi connectivity index (χ4n) is 2.75. The maximum atomic E-state index is 12.3. The topological polar surface area (TPSA) is 32.3 Å². The monoisotopic (exact) mass is 224 g/mol. The van der Waals surface area contributed by atoms with Crippen molar-refractivity contribution >= 4 is 5.91 Å². The highest BCUT2D eigenvalue weighted by atomic mass is 16.2. The number of rotatable bonds is 1. The van der Waals surface area contributed by atoms with Crippen molar-refractivity contribution in [3.05, 3.63) is 0 Å². The molecule has 2 aliphatic heterocycles. The summed E-state index contributed by atoms with van der Waals surface area (Å²) in [6.45, 7) is 7.49. The largest absolute Gasteiger partial charge is 0.341 e. The first-order chi connectivity index (χ1) is 7.68. The summed E-state index contributed by atoms with van der Waals surface area (Å²) in [6, 6.07) is 0.106. The normalized spacial score (nSPS) is 36.1. The smallest absolute Gasteiger partial charge is 0.239 e. The van der Waals surface area contributed by atoms with Crippen molar-refractivity contribution in [1.29, 1.82) is 0 Å². The molecule has 3 atom stereocenters. The maximum absolute atomic E-state index is 12.3. The van der Waals surface area contributed by atoms with Crippen LogP contribution < -0.4 is 5.32 Å². The van der Waals surface area contributed by atoms with Crippen LogP contribution in [0.25, 0.3) is 0 Å². The first-order valence-corrected chi connectivity index (χ1v) is 6.70. The SMILES string of the molecule is CC1CCN(C(=O)C2CCCCN2)CC1C. The van der Waals surface area contributed by atoms with Gasteiger partial charge in [0.15, 0.2) is 0 Å². The first-order valence-electron chi connectivity index (χ1n) is 6.70. The maximum Gasteiger partial charge on any atom is 0.239 e. The number of nitrogens with one attached hydrogen (secondary N) is 1. The molecule has 0 saturated carbocycles. The van der Waals surface area contributed by atoms with Gasteiger partial charge in [-0.25, -0.2) is 0 Å². The number of nitrogens with zero attached hydrogens (tertiary/aromatic N) is 1. The highest BCUT2D eigenvalue weighted by Gasteiger charge is 2.30. The van der Waals surface area contributed by atoms with E-state index in [1.165, 1.54) is 19.3 Å². The summed E-state index contributed by atoms with van der Waals surface area (Å²) in [4.78, 5) is 14.3. The molecular formula is C13H24N2O. The summed E-state index contributed by atoms with van der Waals surface area (Å²) in [6.07, 6.45) is 4.61. The lowest BCUT2D eigenvalue weighted by Crippen LogP contribution is -2.52. The summed E-state index contributed by atoms with van der Waals surface area (Å²) < 4.78 is 0. The van der Waals surface area contributed by atoms with Gasteiger partial charge in [0.05, 0.1) is 6.04 Å². The van der Waals surface area contributed by atoms with Crippen molar-refractivity contribution in [2.45, 2.75) is 45.6 Å². The number of amides is 1. The van der Waals surface area contributed by atoms with Crippen LogP contribution in [0.3, 0.4) is 0 Å². The van der Waals surface area contributed by atoms with Gasteiger partial charge in [0.2, 0.25) is 5.91 Å². The van der Waals surface area contributed by atoms with E-state index in [1.807, 2.05) is 0 Å². The minimum atomic E-state index is 0.106. The molecule has 0 aliphatic carbocycles. The summed E-state index contributed by atoms with van der Waals surface area (Å²) in [5, 5.41) is 3.35. The zero-order valence-corrected chi connectivity index (χ0v) is 10.5. The van der Waals surface area contributed by atoms with Crippen LogP contribution in [-0.4, -0.2) is 36.5 Å². The zero-order valence-electron chi connectivity index (χ0n) is 10.5. The average Bonchev–Trinajstić information content (AvgIpc) is 2.33. The van der Waals surface area contributed by atoms with E-state index in [4.69, 9.17) is 0 Å². The van der Waals surface area contributed by atoms with Crippen LogP contribution in [0.1, 0.15) is 39.5 Å². The predicted molar refractivity (Wildman–Crippen MR) is 65.2 cm³/mol. The lowest BCUT2D eigenvalue weighted by Gasteiger charge is -2.38. The van der Waals surface area contributed by atoms with Crippen molar-refractivity contribution in [1.82, 2.24) is 10.2 Å². The van der Waals surface area contributed by atoms with Gasteiger partial charge >= 0.3 is 0 Å². The molecule has 0 bridgehead atoms. The third-order valence-corrected chi connectivity index (χ3v) is 4.25. The van der Waals surface area contributed by atoms with E-state index in [2.05, 4.69) is 24.1 Å². The second kappa shape index (κ2) is 5.17. The van der Waals surface area contributed by atoms with Gasteiger partial charge in [0.25, 0.3) is 0 Å². The lowest BCUT2D eigenvalue weighted by atomic mass is 9.88. The summed E-state index contributed by atoms with van der Waals surface area (Å²) >= 11 is 0. The quantitative estimate of drug-likeness (QED) is 0.734. The van der Waals surface area contributed by atoms with Gasteiger partial charge in [-0.2, -0.15) is 0 Å². The highest BCUT2D eigenvalue weighted by Crippen LogP contribution is 2.23. The van der Waals surface area contributed by atoms with E-state index in [-0.39, 0.29) is 6.04 Å². The fraction of sp³-hybridized carbons (Fsp3) is 0.923. The molecule has 0 aromatic heterocycles. The van der Waals surface area contributed by atoms with Gasteiger partial charge < -0.3 is 10.2 Å². The Bertz CT molecular complexity index is 248. The van der Waals surface area contributed by atoms with E-state index in [0.29, 0.717) is 11.8 Å². The molecule has 2 rings (SSSR count). The number of piperidine rings is 2. The van der Waals surface area contributed by atoms with Crippen LogP contribution in [0.4, 0.5) is 0 Å². The van der Waals surface area contributed by atoms with Crippen LogP contribution in [0.2, 0.25) is 0 Å². The van der Waals surface area contributed by atoms with Gasteiger partial charge in [-0.15, -0.1) is 0 Å². The Morgan fingerprint density at radius 2 is 2.00 bits per heavy atom. The Balaban J connectivity index is 1.89. The minimum absolute atomic E-state index is 0.106. The molecular weight excluding hydrogens is 200 g/mol. The molecule has 3 unspecified atom stereocenters. The highest BCUT2D eigenvalue weighted by molar-refractivity contribution is 5.82. The van der Waals surface area contributed by atoms with Crippen molar-refractivity contribution < 1.29 is 4.79 Å². The third kappa shape index (κ3) is 2.57. The van der Waals surface area contributed by atoms with E-state index in [0.717, 1.165) is 32.0 Å². The number of likely N-dealkylation sites (tertiary alicyclic amines) is 1. The van der Waals surface area contributed by atoms with Gasteiger partial charge in [0, 0.05) is 13.1 Å². The fourth-order valence-corrected chi connectivity index (χ4v) is 2.75. The molecule has 0 spiro atoms. The van der Waals surface area contributed by atoms with E-state index in [1.54, 1.807) is 0 Å². The molecule has 0 radical (unpaired) electrons. The molecule has 92 valence electrons. The van der Waals surface area contributed by atoms with E-state index < -0.39 is 0 Å². The van der Waals surface area contributed by atoms with Crippen LogP contribution in [0.5, 0.6) is 0 Å². The van der Waals surface area contributed by atoms with E-state index in [9.17, 15) is 4.79 Å². The van der Waals surface area contributed by atoms with Crippen molar-refractivity contribution in [3.8, 4) is 0 Å². The Hall–Kier alpha value is -0.570. The molecule has 2 heterocycles. The molecule has 2 aliphatic rings.